The molecule has 2 aliphatic rings. The molecule has 0 radical (unpaired) electrons. The largest absolute Gasteiger partial charge is 0.396 e. The SMILES string of the molecule is CC1(C)OC[C@H]([C@@H]2C[C@]2(C)CO)O1. The first-order valence-corrected chi connectivity index (χ1v) is 4.89. The van der Waals surface area contributed by atoms with Crippen LogP contribution in [0.25, 0.3) is 0 Å². The Morgan fingerprint density at radius 1 is 1.38 bits per heavy atom. The minimum Gasteiger partial charge on any atom is -0.396 e. The van der Waals surface area contributed by atoms with E-state index in [1.807, 2.05) is 13.8 Å². The number of aliphatic hydroxyl groups excluding tert-OH is 1. The molecule has 1 N–H and O–H groups in total. The summed E-state index contributed by atoms with van der Waals surface area (Å²) in [6.07, 6.45) is 1.25. The van der Waals surface area contributed by atoms with Gasteiger partial charge in [0.05, 0.1) is 12.7 Å². The molecule has 0 amide bonds. The second-order valence-electron chi connectivity index (χ2n) is 4.99. The predicted octanol–water partition coefficient (Wildman–Crippen LogP) is 1.16. The Bertz CT molecular complexity index is 214. The van der Waals surface area contributed by atoms with Crippen molar-refractivity contribution in [3.8, 4) is 0 Å². The molecule has 0 aromatic rings. The second-order valence-corrected chi connectivity index (χ2v) is 4.99. The Labute approximate surface area is 79.0 Å². The van der Waals surface area contributed by atoms with Crippen LogP contribution in [0.2, 0.25) is 0 Å². The number of ether oxygens (including phenoxy) is 2. The number of rotatable bonds is 2. The smallest absolute Gasteiger partial charge is 0.163 e. The highest BCUT2D eigenvalue weighted by Gasteiger charge is 2.56. The summed E-state index contributed by atoms with van der Waals surface area (Å²) < 4.78 is 11.2. The zero-order valence-electron chi connectivity index (χ0n) is 8.54. The van der Waals surface area contributed by atoms with Crippen molar-refractivity contribution in [1.82, 2.24) is 0 Å². The maximum absolute atomic E-state index is 9.13. The van der Waals surface area contributed by atoms with E-state index in [4.69, 9.17) is 14.6 Å². The fraction of sp³-hybridized carbons (Fsp3) is 1.00. The summed E-state index contributed by atoms with van der Waals surface area (Å²) in [5, 5.41) is 9.13. The quantitative estimate of drug-likeness (QED) is 0.703. The summed E-state index contributed by atoms with van der Waals surface area (Å²) in [5.74, 6) is 0.0585. The molecule has 1 saturated heterocycles. The van der Waals surface area contributed by atoms with Gasteiger partial charge in [-0.15, -0.1) is 0 Å². The number of aliphatic hydroxyl groups is 1. The van der Waals surface area contributed by atoms with Gasteiger partial charge in [-0.3, -0.25) is 0 Å². The summed E-state index contributed by atoms with van der Waals surface area (Å²) in [6, 6.07) is 0. The van der Waals surface area contributed by atoms with E-state index in [0.717, 1.165) is 6.42 Å². The molecular formula is C10H18O3. The number of hydrogen-bond acceptors (Lipinski definition) is 3. The first kappa shape index (κ1) is 9.44. The van der Waals surface area contributed by atoms with E-state index in [9.17, 15) is 0 Å². The average molecular weight is 186 g/mol. The lowest BCUT2D eigenvalue weighted by Gasteiger charge is -2.18. The van der Waals surface area contributed by atoms with Gasteiger partial charge in [0.2, 0.25) is 0 Å². The van der Waals surface area contributed by atoms with Gasteiger partial charge in [-0.25, -0.2) is 0 Å². The molecule has 13 heavy (non-hydrogen) atoms. The molecule has 0 aromatic carbocycles. The molecule has 0 bridgehead atoms. The zero-order valence-corrected chi connectivity index (χ0v) is 8.54. The molecule has 2 fully saturated rings. The lowest BCUT2D eigenvalue weighted by atomic mass is 10.1. The first-order valence-electron chi connectivity index (χ1n) is 4.89. The average Bonchev–Trinajstić information content (AvgIpc) is 2.60. The van der Waals surface area contributed by atoms with Gasteiger partial charge >= 0.3 is 0 Å². The van der Waals surface area contributed by atoms with Crippen LogP contribution in [-0.2, 0) is 9.47 Å². The molecule has 2 rings (SSSR count). The van der Waals surface area contributed by atoms with E-state index in [-0.39, 0.29) is 18.1 Å². The Morgan fingerprint density at radius 3 is 2.46 bits per heavy atom. The van der Waals surface area contributed by atoms with Gasteiger partial charge in [0.25, 0.3) is 0 Å². The normalized spacial score (nSPS) is 48.0. The molecule has 0 aromatic heterocycles. The van der Waals surface area contributed by atoms with Crippen molar-refractivity contribution < 1.29 is 14.6 Å². The third-order valence-corrected chi connectivity index (χ3v) is 3.26. The monoisotopic (exact) mass is 186 g/mol. The van der Waals surface area contributed by atoms with Crippen LogP contribution in [-0.4, -0.2) is 30.2 Å². The molecule has 1 heterocycles. The van der Waals surface area contributed by atoms with Crippen LogP contribution < -0.4 is 0 Å². The Balaban J connectivity index is 1.93. The summed E-state index contributed by atoms with van der Waals surface area (Å²) >= 11 is 0. The van der Waals surface area contributed by atoms with E-state index in [0.29, 0.717) is 12.5 Å². The third-order valence-electron chi connectivity index (χ3n) is 3.26. The maximum Gasteiger partial charge on any atom is 0.163 e. The van der Waals surface area contributed by atoms with Crippen molar-refractivity contribution in [2.24, 2.45) is 11.3 Å². The summed E-state index contributed by atoms with van der Waals surface area (Å²) in [7, 11) is 0. The lowest BCUT2D eigenvalue weighted by molar-refractivity contribution is -0.141. The van der Waals surface area contributed by atoms with Gasteiger partial charge in [-0.2, -0.15) is 0 Å². The molecule has 0 unspecified atom stereocenters. The molecule has 0 spiro atoms. The van der Waals surface area contributed by atoms with Crippen LogP contribution in [0.15, 0.2) is 0 Å². The van der Waals surface area contributed by atoms with Crippen LogP contribution in [0.3, 0.4) is 0 Å². The summed E-state index contributed by atoms with van der Waals surface area (Å²) in [4.78, 5) is 0. The minimum absolute atomic E-state index is 0.0917. The molecule has 3 heteroatoms. The van der Waals surface area contributed by atoms with Crippen LogP contribution in [0.5, 0.6) is 0 Å². The Hall–Kier alpha value is -0.120. The molecule has 1 aliphatic heterocycles. The zero-order chi connectivity index (χ0) is 9.69. The van der Waals surface area contributed by atoms with E-state index in [1.54, 1.807) is 0 Å². The molecule has 1 saturated carbocycles. The van der Waals surface area contributed by atoms with Gasteiger partial charge in [0, 0.05) is 6.61 Å². The van der Waals surface area contributed by atoms with Crippen molar-refractivity contribution in [2.45, 2.75) is 39.1 Å². The number of hydrogen-bond donors (Lipinski definition) is 1. The Morgan fingerprint density at radius 2 is 2.08 bits per heavy atom. The second kappa shape index (κ2) is 2.69. The van der Waals surface area contributed by atoms with Gasteiger partial charge in [0.15, 0.2) is 5.79 Å². The Kier molecular flexibility index (Phi) is 1.95. The van der Waals surface area contributed by atoms with E-state index < -0.39 is 5.79 Å². The van der Waals surface area contributed by atoms with Crippen molar-refractivity contribution in [1.29, 1.82) is 0 Å². The first-order chi connectivity index (χ1) is 5.97. The maximum atomic E-state index is 9.13. The lowest BCUT2D eigenvalue weighted by Crippen LogP contribution is -2.24. The van der Waals surface area contributed by atoms with Gasteiger partial charge in [0.1, 0.15) is 0 Å². The highest BCUT2D eigenvalue weighted by Crippen LogP contribution is 2.56. The summed E-state index contributed by atoms with van der Waals surface area (Å²) in [6.45, 7) is 6.91. The molecule has 3 atom stereocenters. The van der Waals surface area contributed by atoms with Crippen LogP contribution in [0.1, 0.15) is 27.2 Å². The standard InChI is InChI=1S/C10H18O3/c1-9(2)12-5-8(13-9)7-4-10(7,3)6-11/h7-8,11H,4-6H2,1-3H3/t7-,8+,10+/m0/s1. The molecule has 76 valence electrons. The van der Waals surface area contributed by atoms with Crippen LogP contribution >= 0.6 is 0 Å². The topological polar surface area (TPSA) is 38.7 Å². The molecule has 3 nitrogen and oxygen atoms in total. The minimum atomic E-state index is -0.427. The molecule has 1 aliphatic carbocycles. The fourth-order valence-electron chi connectivity index (χ4n) is 2.12. The van der Waals surface area contributed by atoms with Gasteiger partial charge in [-0.1, -0.05) is 6.92 Å². The third kappa shape index (κ3) is 1.60. The predicted molar refractivity (Wildman–Crippen MR) is 48.2 cm³/mol. The van der Waals surface area contributed by atoms with E-state index in [1.165, 1.54) is 0 Å². The van der Waals surface area contributed by atoms with Crippen LogP contribution in [0, 0.1) is 11.3 Å². The van der Waals surface area contributed by atoms with E-state index in [2.05, 4.69) is 6.92 Å². The molecular weight excluding hydrogens is 168 g/mol. The van der Waals surface area contributed by atoms with Crippen molar-refractivity contribution >= 4 is 0 Å². The van der Waals surface area contributed by atoms with Gasteiger partial charge < -0.3 is 14.6 Å². The highest BCUT2D eigenvalue weighted by atomic mass is 16.7. The van der Waals surface area contributed by atoms with Crippen molar-refractivity contribution in [2.75, 3.05) is 13.2 Å². The van der Waals surface area contributed by atoms with Crippen LogP contribution in [0.4, 0.5) is 0 Å². The van der Waals surface area contributed by atoms with E-state index >= 15 is 0 Å². The fourth-order valence-corrected chi connectivity index (χ4v) is 2.12. The summed E-state index contributed by atoms with van der Waals surface area (Å²) in [5.41, 5.74) is 0.0917. The van der Waals surface area contributed by atoms with Gasteiger partial charge in [-0.05, 0) is 31.6 Å². The van der Waals surface area contributed by atoms with Crippen molar-refractivity contribution in [3.63, 3.8) is 0 Å². The van der Waals surface area contributed by atoms with Crippen molar-refractivity contribution in [3.05, 3.63) is 0 Å². The highest BCUT2D eigenvalue weighted by molar-refractivity contribution is 5.03.